The van der Waals surface area contributed by atoms with Crippen LogP contribution in [0, 0.1) is 0 Å². The molecule has 1 saturated heterocycles. The van der Waals surface area contributed by atoms with E-state index in [1.165, 1.54) is 10.9 Å². The zero-order chi connectivity index (χ0) is 13.6. The number of nitrogens with zero attached hydrogens (tertiary/aromatic N) is 4. The smallest absolute Gasteiger partial charge is 0.282 e. The van der Waals surface area contributed by atoms with Crippen LogP contribution in [0.4, 0.5) is 5.95 Å². The summed E-state index contributed by atoms with van der Waals surface area (Å²) in [6, 6.07) is 0. The summed E-state index contributed by atoms with van der Waals surface area (Å²) in [5, 5.41) is 9.08. The van der Waals surface area contributed by atoms with E-state index in [-0.39, 0.29) is 36.0 Å². The summed E-state index contributed by atoms with van der Waals surface area (Å²) in [5.74, 6) is 0.135. The van der Waals surface area contributed by atoms with Crippen molar-refractivity contribution in [2.45, 2.75) is 25.2 Å². The van der Waals surface area contributed by atoms with Crippen LogP contribution in [0.1, 0.15) is 19.1 Å². The number of nitrogens with two attached hydrogens (primary N) is 1. The van der Waals surface area contributed by atoms with Gasteiger partial charge >= 0.3 is 0 Å². The first kappa shape index (κ1) is 12.1. The lowest BCUT2D eigenvalue weighted by molar-refractivity contribution is -0.0207. The van der Waals surface area contributed by atoms with Gasteiger partial charge in [-0.2, -0.15) is 4.98 Å². The molecule has 2 aromatic heterocycles. The number of imidazole rings is 1. The molecule has 19 heavy (non-hydrogen) atoms. The van der Waals surface area contributed by atoms with Gasteiger partial charge in [-0.05, 0) is 12.8 Å². The molecule has 1 aliphatic heterocycles. The summed E-state index contributed by atoms with van der Waals surface area (Å²) in [7, 11) is 1.55. The number of hydrogen-bond acceptors (Lipinski definition) is 6. The highest BCUT2D eigenvalue weighted by Crippen LogP contribution is 2.29. The standard InChI is InChI=1S/C11H15N5O3/c1-15-10(18)8-9(14-11(15)12)16(5-13-8)7-3-2-6(4-17)19-7/h5-7,17H,2-4H2,1H3,(H2,12,14). The molecular formula is C11H15N5O3. The van der Waals surface area contributed by atoms with Gasteiger partial charge in [0.15, 0.2) is 11.2 Å². The molecule has 2 unspecified atom stereocenters. The lowest BCUT2D eigenvalue weighted by Crippen LogP contribution is -2.22. The van der Waals surface area contributed by atoms with E-state index in [1.807, 2.05) is 0 Å². The van der Waals surface area contributed by atoms with Crippen LogP contribution in [-0.4, -0.2) is 36.9 Å². The number of hydrogen-bond donors (Lipinski definition) is 2. The molecule has 1 fully saturated rings. The van der Waals surface area contributed by atoms with Crippen molar-refractivity contribution in [1.82, 2.24) is 19.1 Å². The Morgan fingerprint density at radius 2 is 2.37 bits per heavy atom. The zero-order valence-corrected chi connectivity index (χ0v) is 10.5. The van der Waals surface area contributed by atoms with Crippen molar-refractivity contribution in [2.75, 3.05) is 12.3 Å². The lowest BCUT2D eigenvalue weighted by atomic mass is 10.2. The summed E-state index contributed by atoms with van der Waals surface area (Å²) >= 11 is 0. The van der Waals surface area contributed by atoms with E-state index in [0.717, 1.165) is 12.8 Å². The van der Waals surface area contributed by atoms with Crippen molar-refractivity contribution in [3.63, 3.8) is 0 Å². The van der Waals surface area contributed by atoms with Crippen molar-refractivity contribution in [2.24, 2.45) is 7.05 Å². The first-order valence-electron chi connectivity index (χ1n) is 6.07. The van der Waals surface area contributed by atoms with Gasteiger partial charge < -0.3 is 15.6 Å². The van der Waals surface area contributed by atoms with E-state index in [1.54, 1.807) is 11.6 Å². The largest absolute Gasteiger partial charge is 0.394 e. The second-order valence-corrected chi connectivity index (χ2v) is 4.63. The third-order valence-corrected chi connectivity index (χ3v) is 3.44. The number of aliphatic hydroxyl groups excluding tert-OH is 1. The Labute approximate surface area is 108 Å². The van der Waals surface area contributed by atoms with E-state index >= 15 is 0 Å². The van der Waals surface area contributed by atoms with Gasteiger partial charge in [0, 0.05) is 7.05 Å². The van der Waals surface area contributed by atoms with Gasteiger partial charge in [-0.3, -0.25) is 13.9 Å². The van der Waals surface area contributed by atoms with Gasteiger partial charge in [-0.1, -0.05) is 0 Å². The minimum Gasteiger partial charge on any atom is -0.394 e. The third-order valence-electron chi connectivity index (χ3n) is 3.44. The monoisotopic (exact) mass is 265 g/mol. The van der Waals surface area contributed by atoms with Gasteiger partial charge in [0.1, 0.15) is 6.23 Å². The highest BCUT2D eigenvalue weighted by atomic mass is 16.5. The Morgan fingerprint density at radius 1 is 1.58 bits per heavy atom. The molecule has 2 atom stereocenters. The Morgan fingerprint density at radius 3 is 3.05 bits per heavy atom. The highest BCUT2D eigenvalue weighted by molar-refractivity contribution is 5.70. The number of rotatable bonds is 2. The van der Waals surface area contributed by atoms with Gasteiger partial charge in [0.05, 0.1) is 19.0 Å². The molecular weight excluding hydrogens is 250 g/mol. The van der Waals surface area contributed by atoms with Crippen LogP contribution in [-0.2, 0) is 11.8 Å². The van der Waals surface area contributed by atoms with Crippen LogP contribution in [0.15, 0.2) is 11.1 Å². The number of fused-ring (bicyclic) bond motifs is 1. The summed E-state index contributed by atoms with van der Waals surface area (Å²) in [6.45, 7) is -0.0134. The van der Waals surface area contributed by atoms with Crippen LogP contribution in [0.2, 0.25) is 0 Å². The predicted molar refractivity (Wildman–Crippen MR) is 67.4 cm³/mol. The number of ether oxygens (including phenoxy) is 1. The van der Waals surface area contributed by atoms with Crippen molar-refractivity contribution in [3.8, 4) is 0 Å². The summed E-state index contributed by atoms with van der Waals surface area (Å²) in [4.78, 5) is 20.3. The van der Waals surface area contributed by atoms with E-state index in [4.69, 9.17) is 15.6 Å². The van der Waals surface area contributed by atoms with Crippen LogP contribution in [0.25, 0.3) is 11.2 Å². The lowest BCUT2D eigenvalue weighted by Gasteiger charge is -2.14. The van der Waals surface area contributed by atoms with Crippen LogP contribution in [0.3, 0.4) is 0 Å². The summed E-state index contributed by atoms with van der Waals surface area (Å²) in [5.41, 5.74) is 6.11. The molecule has 1 aliphatic rings. The Bertz CT molecular complexity index is 677. The van der Waals surface area contributed by atoms with Crippen molar-refractivity contribution in [1.29, 1.82) is 0 Å². The number of anilines is 1. The number of nitrogen functional groups attached to an aromatic ring is 1. The fourth-order valence-electron chi connectivity index (χ4n) is 2.30. The first-order chi connectivity index (χ1) is 9.11. The fraction of sp³-hybridized carbons (Fsp3) is 0.545. The fourth-order valence-corrected chi connectivity index (χ4v) is 2.30. The first-order valence-corrected chi connectivity index (χ1v) is 6.07. The average Bonchev–Trinajstić information content (AvgIpc) is 3.01. The molecule has 8 heteroatoms. The Kier molecular flexibility index (Phi) is 2.76. The predicted octanol–water partition coefficient (Wildman–Crippen LogP) is -0.618. The molecule has 8 nitrogen and oxygen atoms in total. The Hall–Kier alpha value is -1.93. The molecule has 0 amide bonds. The average molecular weight is 265 g/mol. The quantitative estimate of drug-likeness (QED) is 0.749. The minimum atomic E-state index is -0.280. The SMILES string of the molecule is Cn1c(N)nc2c(ncn2C2CCC(CO)O2)c1=O. The molecule has 0 saturated carbocycles. The van der Waals surface area contributed by atoms with Gasteiger partial charge in [0.25, 0.3) is 5.56 Å². The van der Waals surface area contributed by atoms with E-state index in [0.29, 0.717) is 5.65 Å². The molecule has 0 aromatic carbocycles. The molecule has 102 valence electrons. The van der Waals surface area contributed by atoms with E-state index in [2.05, 4.69) is 9.97 Å². The normalized spacial score (nSPS) is 23.3. The molecule has 0 aliphatic carbocycles. The van der Waals surface area contributed by atoms with Gasteiger partial charge in [-0.25, -0.2) is 4.98 Å². The topological polar surface area (TPSA) is 108 Å². The molecule has 3 heterocycles. The maximum Gasteiger partial charge on any atom is 0.282 e. The second-order valence-electron chi connectivity index (χ2n) is 4.63. The second kappa shape index (κ2) is 4.32. The zero-order valence-electron chi connectivity index (χ0n) is 10.5. The van der Waals surface area contributed by atoms with Crippen molar-refractivity contribution in [3.05, 3.63) is 16.7 Å². The third kappa shape index (κ3) is 1.80. The van der Waals surface area contributed by atoms with Crippen LogP contribution in [0.5, 0.6) is 0 Å². The Balaban J connectivity index is 2.09. The summed E-state index contributed by atoms with van der Waals surface area (Å²) in [6.07, 6.45) is 2.60. The molecule has 3 rings (SSSR count). The maximum atomic E-state index is 12.0. The van der Waals surface area contributed by atoms with Crippen LogP contribution >= 0.6 is 0 Å². The maximum absolute atomic E-state index is 12.0. The highest BCUT2D eigenvalue weighted by Gasteiger charge is 2.28. The molecule has 0 bridgehead atoms. The molecule has 3 N–H and O–H groups in total. The molecule has 0 radical (unpaired) electrons. The van der Waals surface area contributed by atoms with Crippen LogP contribution < -0.4 is 11.3 Å². The van der Waals surface area contributed by atoms with Crippen molar-refractivity contribution < 1.29 is 9.84 Å². The van der Waals surface area contributed by atoms with Crippen molar-refractivity contribution >= 4 is 17.1 Å². The van der Waals surface area contributed by atoms with Gasteiger partial charge in [-0.15, -0.1) is 0 Å². The minimum absolute atomic E-state index is 0.0134. The molecule has 0 spiro atoms. The van der Waals surface area contributed by atoms with E-state index < -0.39 is 0 Å². The molecule has 2 aromatic rings. The number of aromatic nitrogens is 4. The number of aliphatic hydroxyl groups is 1. The van der Waals surface area contributed by atoms with E-state index in [9.17, 15) is 4.79 Å². The van der Waals surface area contributed by atoms with Gasteiger partial charge in [0.2, 0.25) is 5.95 Å². The summed E-state index contributed by atoms with van der Waals surface area (Å²) < 4.78 is 8.61.